The average molecular weight is 288 g/mol. The molecule has 0 amide bonds. The molecule has 0 spiro atoms. The maximum atomic E-state index is 4.83. The number of guanidine groups is 1. The number of hydrogen-bond acceptors (Lipinski definition) is 2. The van der Waals surface area contributed by atoms with Crippen LogP contribution in [0.1, 0.15) is 26.7 Å². The number of nitrogens with one attached hydrogen (secondary N) is 1. The van der Waals surface area contributed by atoms with E-state index in [2.05, 4.69) is 66.3 Å². The molecule has 0 aromatic heterocycles. The summed E-state index contributed by atoms with van der Waals surface area (Å²) < 4.78 is 0. The second-order valence-corrected chi connectivity index (χ2v) is 5.68. The van der Waals surface area contributed by atoms with Gasteiger partial charge in [-0.2, -0.15) is 0 Å². The molecule has 1 unspecified atom stereocenters. The van der Waals surface area contributed by atoms with Crippen LogP contribution in [-0.2, 0) is 0 Å². The smallest absolute Gasteiger partial charge is 0.193 e. The van der Waals surface area contributed by atoms with Gasteiger partial charge in [0.15, 0.2) is 5.96 Å². The average Bonchev–Trinajstić information content (AvgIpc) is 3.05. The summed E-state index contributed by atoms with van der Waals surface area (Å²) in [6.45, 7) is 8.36. The van der Waals surface area contributed by atoms with E-state index in [1.54, 1.807) is 0 Å². The first-order valence-electron chi connectivity index (χ1n) is 8.03. The zero-order valence-electron chi connectivity index (χ0n) is 13.5. The van der Waals surface area contributed by atoms with Gasteiger partial charge in [0.25, 0.3) is 0 Å². The maximum absolute atomic E-state index is 4.83. The third-order valence-electron chi connectivity index (χ3n) is 4.07. The quantitative estimate of drug-likeness (QED) is 0.667. The van der Waals surface area contributed by atoms with Gasteiger partial charge >= 0.3 is 0 Å². The number of likely N-dealkylation sites (tertiary alicyclic amines) is 1. The second kappa shape index (κ2) is 7.91. The van der Waals surface area contributed by atoms with E-state index in [9.17, 15) is 0 Å². The van der Waals surface area contributed by atoms with Crippen molar-refractivity contribution in [2.45, 2.75) is 32.7 Å². The largest absolute Gasteiger partial charge is 0.370 e. The molecule has 116 valence electrons. The number of anilines is 1. The third-order valence-corrected chi connectivity index (χ3v) is 4.07. The molecule has 0 aliphatic carbocycles. The van der Waals surface area contributed by atoms with Gasteiger partial charge in [0.05, 0.1) is 6.54 Å². The Morgan fingerprint density at radius 3 is 2.57 bits per heavy atom. The van der Waals surface area contributed by atoms with Crippen molar-refractivity contribution in [3.05, 3.63) is 30.3 Å². The Balaban J connectivity index is 1.96. The first kappa shape index (κ1) is 15.7. The molecule has 2 rings (SSSR count). The minimum absolute atomic E-state index is 0.378. The van der Waals surface area contributed by atoms with Crippen LogP contribution in [0.4, 0.5) is 5.69 Å². The minimum atomic E-state index is 0.378. The summed E-state index contributed by atoms with van der Waals surface area (Å²) in [5.74, 6) is 1.07. The Hall–Kier alpha value is -1.71. The molecule has 1 aliphatic rings. The fourth-order valence-electron chi connectivity index (χ4n) is 2.61. The highest BCUT2D eigenvalue weighted by molar-refractivity contribution is 5.80. The van der Waals surface area contributed by atoms with Crippen LogP contribution in [0.5, 0.6) is 0 Å². The number of likely N-dealkylation sites (N-methyl/N-ethyl adjacent to an activating group) is 1. The van der Waals surface area contributed by atoms with Gasteiger partial charge in [-0.15, -0.1) is 0 Å². The van der Waals surface area contributed by atoms with Gasteiger partial charge in [0.1, 0.15) is 0 Å². The van der Waals surface area contributed by atoms with Crippen molar-refractivity contribution in [3.8, 4) is 0 Å². The highest BCUT2D eigenvalue weighted by Gasteiger charge is 2.16. The lowest BCUT2D eigenvalue weighted by Crippen LogP contribution is -2.41. The van der Waals surface area contributed by atoms with E-state index < -0.39 is 0 Å². The monoisotopic (exact) mass is 288 g/mol. The molecule has 1 saturated heterocycles. The van der Waals surface area contributed by atoms with E-state index in [-0.39, 0.29) is 0 Å². The fourth-order valence-corrected chi connectivity index (χ4v) is 2.61. The SMILES string of the molecule is CCNC(=NCC(C)N(C)c1ccccc1)N1CCCC1. The molecule has 1 aromatic carbocycles. The second-order valence-electron chi connectivity index (χ2n) is 5.68. The Labute approximate surface area is 128 Å². The summed E-state index contributed by atoms with van der Waals surface area (Å²) in [6, 6.07) is 10.9. The predicted octanol–water partition coefficient (Wildman–Crippen LogP) is 2.57. The lowest BCUT2D eigenvalue weighted by atomic mass is 10.2. The molecule has 0 radical (unpaired) electrons. The maximum Gasteiger partial charge on any atom is 0.193 e. The lowest BCUT2D eigenvalue weighted by Gasteiger charge is -2.27. The molecule has 1 fully saturated rings. The molecule has 4 heteroatoms. The van der Waals surface area contributed by atoms with Gasteiger partial charge in [-0.3, -0.25) is 4.99 Å². The van der Waals surface area contributed by atoms with Gasteiger partial charge in [0, 0.05) is 38.4 Å². The summed E-state index contributed by atoms with van der Waals surface area (Å²) in [4.78, 5) is 9.49. The predicted molar refractivity (Wildman–Crippen MR) is 91.1 cm³/mol. The molecule has 1 aromatic rings. The molecule has 21 heavy (non-hydrogen) atoms. The third kappa shape index (κ3) is 4.38. The van der Waals surface area contributed by atoms with Crippen molar-refractivity contribution in [2.24, 2.45) is 4.99 Å². The minimum Gasteiger partial charge on any atom is -0.370 e. The van der Waals surface area contributed by atoms with Gasteiger partial charge in [-0.05, 0) is 38.8 Å². The summed E-state index contributed by atoms with van der Waals surface area (Å²) in [5.41, 5.74) is 1.24. The van der Waals surface area contributed by atoms with E-state index in [0.29, 0.717) is 6.04 Å². The highest BCUT2D eigenvalue weighted by Crippen LogP contribution is 2.14. The van der Waals surface area contributed by atoms with Crippen molar-refractivity contribution < 1.29 is 0 Å². The molecular weight excluding hydrogens is 260 g/mol. The lowest BCUT2D eigenvalue weighted by molar-refractivity contribution is 0.492. The number of benzene rings is 1. The normalized spacial score (nSPS) is 16.9. The Morgan fingerprint density at radius 1 is 1.29 bits per heavy atom. The van der Waals surface area contributed by atoms with Crippen LogP contribution in [-0.4, -0.2) is 50.1 Å². The van der Waals surface area contributed by atoms with Crippen LogP contribution < -0.4 is 10.2 Å². The van der Waals surface area contributed by atoms with Crippen LogP contribution in [0.15, 0.2) is 35.3 Å². The van der Waals surface area contributed by atoms with Crippen LogP contribution in [0.3, 0.4) is 0 Å². The summed E-state index contributed by atoms with van der Waals surface area (Å²) in [6.07, 6.45) is 2.56. The van der Waals surface area contributed by atoms with Crippen LogP contribution >= 0.6 is 0 Å². The van der Waals surface area contributed by atoms with Crippen molar-refractivity contribution >= 4 is 11.6 Å². The van der Waals surface area contributed by atoms with Crippen LogP contribution in [0.2, 0.25) is 0 Å². The summed E-state index contributed by atoms with van der Waals surface area (Å²) >= 11 is 0. The van der Waals surface area contributed by atoms with Crippen molar-refractivity contribution in [2.75, 3.05) is 38.1 Å². The van der Waals surface area contributed by atoms with Gasteiger partial charge in [-0.1, -0.05) is 18.2 Å². The van der Waals surface area contributed by atoms with E-state index in [1.807, 2.05) is 0 Å². The highest BCUT2D eigenvalue weighted by atomic mass is 15.3. The molecule has 0 saturated carbocycles. The fraction of sp³-hybridized carbons (Fsp3) is 0.588. The van der Waals surface area contributed by atoms with Crippen LogP contribution in [0.25, 0.3) is 0 Å². The topological polar surface area (TPSA) is 30.9 Å². The van der Waals surface area contributed by atoms with Gasteiger partial charge in [0.2, 0.25) is 0 Å². The first-order valence-corrected chi connectivity index (χ1v) is 8.03. The molecule has 1 heterocycles. The van der Waals surface area contributed by atoms with E-state index in [4.69, 9.17) is 4.99 Å². The van der Waals surface area contributed by atoms with E-state index in [1.165, 1.54) is 18.5 Å². The Kier molecular flexibility index (Phi) is 5.90. The number of para-hydroxylation sites is 1. The molecule has 1 atom stereocenters. The molecule has 1 aliphatic heterocycles. The Morgan fingerprint density at radius 2 is 1.95 bits per heavy atom. The van der Waals surface area contributed by atoms with Gasteiger partial charge in [-0.25, -0.2) is 0 Å². The number of aliphatic imine (C=N–C) groups is 1. The zero-order chi connectivity index (χ0) is 15.1. The molecule has 0 bridgehead atoms. The zero-order valence-corrected chi connectivity index (χ0v) is 13.5. The standard InChI is InChI=1S/C17H28N4/c1-4-18-17(21-12-8-9-13-21)19-14-15(2)20(3)16-10-6-5-7-11-16/h5-7,10-11,15H,4,8-9,12-14H2,1-3H3,(H,18,19). The van der Waals surface area contributed by atoms with E-state index >= 15 is 0 Å². The van der Waals surface area contributed by atoms with Crippen LogP contribution in [0, 0.1) is 0 Å². The van der Waals surface area contributed by atoms with Crippen molar-refractivity contribution in [1.29, 1.82) is 0 Å². The number of nitrogens with zero attached hydrogens (tertiary/aromatic N) is 3. The van der Waals surface area contributed by atoms with Gasteiger partial charge < -0.3 is 15.1 Å². The van der Waals surface area contributed by atoms with E-state index in [0.717, 1.165) is 32.1 Å². The molecular formula is C17H28N4. The molecule has 1 N–H and O–H groups in total. The summed E-state index contributed by atoms with van der Waals surface area (Å²) in [7, 11) is 2.14. The van der Waals surface area contributed by atoms with Crippen molar-refractivity contribution in [1.82, 2.24) is 10.2 Å². The van der Waals surface area contributed by atoms with Crippen molar-refractivity contribution in [3.63, 3.8) is 0 Å². The molecule has 4 nitrogen and oxygen atoms in total. The number of rotatable bonds is 5. The number of hydrogen-bond donors (Lipinski definition) is 1. The Bertz CT molecular complexity index is 437. The first-order chi connectivity index (χ1) is 10.2. The summed E-state index contributed by atoms with van der Waals surface area (Å²) in [5, 5.41) is 3.42.